The molecule has 1 unspecified atom stereocenters. The first-order valence-corrected chi connectivity index (χ1v) is 7.22. The number of hydrogen-bond donors (Lipinski definition) is 0. The standard InChI is InChI=1S/C10H16N2OS2/c1-7(2)15-8-3-4-12(5-8)10-11-9(13)6-14-10/h7-8H,3-6H2,1-2H3. The summed E-state index contributed by atoms with van der Waals surface area (Å²) in [5.41, 5.74) is 0. The molecule has 2 aliphatic heterocycles. The zero-order valence-corrected chi connectivity index (χ0v) is 10.7. The quantitative estimate of drug-likeness (QED) is 0.742. The van der Waals surface area contributed by atoms with Crippen LogP contribution in [0.2, 0.25) is 0 Å². The molecule has 15 heavy (non-hydrogen) atoms. The third-order valence-electron chi connectivity index (χ3n) is 2.43. The molecule has 0 aliphatic carbocycles. The Morgan fingerprint density at radius 1 is 1.60 bits per heavy atom. The van der Waals surface area contributed by atoms with E-state index in [-0.39, 0.29) is 5.91 Å². The Kier molecular flexibility index (Phi) is 3.61. The predicted octanol–water partition coefficient (Wildman–Crippen LogP) is 1.83. The average Bonchev–Trinajstić information content (AvgIpc) is 2.72. The van der Waals surface area contributed by atoms with Crippen molar-refractivity contribution in [3.8, 4) is 0 Å². The van der Waals surface area contributed by atoms with Gasteiger partial charge in [-0.05, 0) is 11.7 Å². The van der Waals surface area contributed by atoms with Gasteiger partial charge in [0.15, 0.2) is 5.17 Å². The second-order valence-corrected chi connectivity index (χ2v) is 6.94. The fraction of sp³-hybridized carbons (Fsp3) is 0.800. The Morgan fingerprint density at radius 3 is 3.00 bits per heavy atom. The summed E-state index contributed by atoms with van der Waals surface area (Å²) in [5.74, 6) is 0.559. The highest BCUT2D eigenvalue weighted by Crippen LogP contribution is 2.29. The van der Waals surface area contributed by atoms with Crippen molar-refractivity contribution in [2.24, 2.45) is 4.99 Å². The minimum Gasteiger partial charge on any atom is -0.350 e. The third kappa shape index (κ3) is 2.91. The van der Waals surface area contributed by atoms with E-state index in [9.17, 15) is 4.79 Å². The molecule has 0 aromatic rings. The predicted molar refractivity (Wildman–Crippen MR) is 67.6 cm³/mol. The Hall–Kier alpha value is -0.160. The molecular weight excluding hydrogens is 228 g/mol. The van der Waals surface area contributed by atoms with Crippen molar-refractivity contribution in [2.75, 3.05) is 18.8 Å². The highest BCUT2D eigenvalue weighted by Gasteiger charge is 2.29. The number of amides is 1. The first-order valence-electron chi connectivity index (χ1n) is 5.30. The van der Waals surface area contributed by atoms with Crippen molar-refractivity contribution in [2.45, 2.75) is 30.8 Å². The van der Waals surface area contributed by atoms with Crippen LogP contribution < -0.4 is 0 Å². The summed E-state index contributed by atoms with van der Waals surface area (Å²) in [7, 11) is 0. The number of amidine groups is 1. The maximum atomic E-state index is 11.0. The first-order chi connectivity index (χ1) is 7.15. The summed E-state index contributed by atoms with van der Waals surface area (Å²) in [6.45, 7) is 6.59. The normalized spacial score (nSPS) is 26.6. The van der Waals surface area contributed by atoms with Crippen molar-refractivity contribution in [1.29, 1.82) is 0 Å². The van der Waals surface area contributed by atoms with Gasteiger partial charge in [0.05, 0.1) is 5.75 Å². The Labute approximate surface area is 99.1 Å². The van der Waals surface area contributed by atoms with Gasteiger partial charge in [-0.15, -0.1) is 0 Å². The molecule has 0 aromatic heterocycles. The minimum atomic E-state index is 0.0231. The minimum absolute atomic E-state index is 0.0231. The van der Waals surface area contributed by atoms with Crippen LogP contribution in [0.5, 0.6) is 0 Å². The smallest absolute Gasteiger partial charge is 0.258 e. The van der Waals surface area contributed by atoms with Crippen molar-refractivity contribution < 1.29 is 4.79 Å². The monoisotopic (exact) mass is 244 g/mol. The molecule has 2 heterocycles. The second kappa shape index (κ2) is 4.78. The van der Waals surface area contributed by atoms with Crippen LogP contribution in [0.4, 0.5) is 0 Å². The van der Waals surface area contributed by atoms with Crippen LogP contribution >= 0.6 is 23.5 Å². The molecular formula is C10H16N2OS2. The summed E-state index contributed by atoms with van der Waals surface area (Å²) >= 11 is 3.62. The average molecular weight is 244 g/mol. The van der Waals surface area contributed by atoms with Crippen LogP contribution in [0.3, 0.4) is 0 Å². The van der Waals surface area contributed by atoms with E-state index < -0.39 is 0 Å². The van der Waals surface area contributed by atoms with Gasteiger partial charge in [-0.3, -0.25) is 4.79 Å². The number of thioether (sulfide) groups is 2. The van der Waals surface area contributed by atoms with Gasteiger partial charge in [0, 0.05) is 18.3 Å². The highest BCUT2D eigenvalue weighted by atomic mass is 32.2. The number of rotatable bonds is 2. The summed E-state index contributed by atoms with van der Waals surface area (Å²) < 4.78 is 0. The molecule has 0 spiro atoms. The van der Waals surface area contributed by atoms with E-state index in [1.54, 1.807) is 11.8 Å². The lowest BCUT2D eigenvalue weighted by atomic mass is 10.4. The van der Waals surface area contributed by atoms with Gasteiger partial charge in [-0.1, -0.05) is 25.6 Å². The van der Waals surface area contributed by atoms with Crippen LogP contribution in [0, 0.1) is 0 Å². The van der Waals surface area contributed by atoms with E-state index >= 15 is 0 Å². The summed E-state index contributed by atoms with van der Waals surface area (Å²) in [5, 5.41) is 2.35. The molecule has 0 aromatic carbocycles. The van der Waals surface area contributed by atoms with E-state index in [4.69, 9.17) is 0 Å². The lowest BCUT2D eigenvalue weighted by molar-refractivity contribution is -0.115. The molecule has 84 valence electrons. The van der Waals surface area contributed by atoms with E-state index in [1.165, 1.54) is 6.42 Å². The molecule has 1 fully saturated rings. The Bertz CT molecular complexity index is 291. The van der Waals surface area contributed by atoms with E-state index in [0.29, 0.717) is 16.3 Å². The van der Waals surface area contributed by atoms with Gasteiger partial charge < -0.3 is 4.90 Å². The van der Waals surface area contributed by atoms with Crippen LogP contribution in [-0.4, -0.2) is 45.3 Å². The molecule has 5 heteroatoms. The Morgan fingerprint density at radius 2 is 2.40 bits per heavy atom. The van der Waals surface area contributed by atoms with Gasteiger partial charge in [-0.25, -0.2) is 0 Å². The SMILES string of the molecule is CC(C)SC1CCN(C2=NC(=O)CS2)C1. The van der Waals surface area contributed by atoms with Crippen molar-refractivity contribution in [3.05, 3.63) is 0 Å². The van der Waals surface area contributed by atoms with Crippen LogP contribution in [0.1, 0.15) is 20.3 Å². The molecule has 1 atom stereocenters. The summed E-state index contributed by atoms with van der Waals surface area (Å²) in [6, 6.07) is 0. The Balaban J connectivity index is 1.87. The van der Waals surface area contributed by atoms with Gasteiger partial charge >= 0.3 is 0 Å². The molecule has 0 N–H and O–H groups in total. The maximum absolute atomic E-state index is 11.0. The molecule has 0 saturated carbocycles. The molecule has 0 bridgehead atoms. The van der Waals surface area contributed by atoms with Crippen LogP contribution in [-0.2, 0) is 4.79 Å². The molecule has 0 radical (unpaired) electrons. The maximum Gasteiger partial charge on any atom is 0.258 e. The number of carbonyl (C=O) groups excluding carboxylic acids is 1. The highest BCUT2D eigenvalue weighted by molar-refractivity contribution is 8.14. The van der Waals surface area contributed by atoms with Crippen molar-refractivity contribution in [1.82, 2.24) is 4.90 Å². The van der Waals surface area contributed by atoms with Crippen LogP contribution in [0.25, 0.3) is 0 Å². The van der Waals surface area contributed by atoms with Crippen molar-refractivity contribution in [3.63, 3.8) is 0 Å². The van der Waals surface area contributed by atoms with E-state index in [1.807, 2.05) is 11.8 Å². The molecule has 1 amide bonds. The molecule has 1 saturated heterocycles. The van der Waals surface area contributed by atoms with Crippen molar-refractivity contribution >= 4 is 34.6 Å². The van der Waals surface area contributed by atoms with E-state index in [2.05, 4.69) is 23.7 Å². The van der Waals surface area contributed by atoms with Gasteiger partial charge in [0.1, 0.15) is 0 Å². The largest absolute Gasteiger partial charge is 0.350 e. The molecule has 3 nitrogen and oxygen atoms in total. The summed E-state index contributed by atoms with van der Waals surface area (Å²) in [4.78, 5) is 17.3. The lowest BCUT2D eigenvalue weighted by Gasteiger charge is -2.17. The number of carbonyl (C=O) groups is 1. The van der Waals surface area contributed by atoms with Crippen LogP contribution in [0.15, 0.2) is 4.99 Å². The zero-order valence-electron chi connectivity index (χ0n) is 9.10. The zero-order chi connectivity index (χ0) is 10.8. The topological polar surface area (TPSA) is 32.7 Å². The lowest BCUT2D eigenvalue weighted by Crippen LogP contribution is -2.25. The van der Waals surface area contributed by atoms with E-state index in [0.717, 1.165) is 18.3 Å². The van der Waals surface area contributed by atoms with Gasteiger partial charge in [0.25, 0.3) is 5.91 Å². The number of nitrogens with zero attached hydrogens (tertiary/aromatic N) is 2. The molecule has 2 aliphatic rings. The fourth-order valence-corrected chi connectivity index (χ4v) is 3.97. The third-order valence-corrected chi connectivity index (χ3v) is 4.74. The fourth-order valence-electron chi connectivity index (χ4n) is 1.86. The molecule has 2 rings (SSSR count). The van der Waals surface area contributed by atoms with Gasteiger partial charge in [0.2, 0.25) is 0 Å². The first kappa shape index (κ1) is 11.3. The second-order valence-electron chi connectivity index (χ2n) is 4.12. The number of aliphatic imine (C=N–C) groups is 1. The number of likely N-dealkylation sites (tertiary alicyclic amines) is 1. The summed E-state index contributed by atoms with van der Waals surface area (Å²) in [6.07, 6.45) is 1.22. The van der Waals surface area contributed by atoms with Gasteiger partial charge in [-0.2, -0.15) is 16.8 Å². The number of hydrogen-bond acceptors (Lipinski definition) is 4.